The Morgan fingerprint density at radius 3 is 2.61 bits per heavy atom. The van der Waals surface area contributed by atoms with Crippen LogP contribution in [0.15, 0.2) is 83.8 Å². The van der Waals surface area contributed by atoms with E-state index >= 15 is 0 Å². The summed E-state index contributed by atoms with van der Waals surface area (Å²) in [7, 11) is 0. The second-order valence-corrected chi connectivity index (χ2v) is 7.52. The van der Waals surface area contributed by atoms with Crippen LogP contribution in [0.5, 0.6) is 11.5 Å². The third-order valence-electron chi connectivity index (χ3n) is 4.31. The van der Waals surface area contributed by atoms with Gasteiger partial charge in [0.1, 0.15) is 17.1 Å². The summed E-state index contributed by atoms with van der Waals surface area (Å²) in [6.45, 7) is 1.96. The van der Waals surface area contributed by atoms with Gasteiger partial charge in [0.15, 0.2) is 0 Å². The molecule has 0 aliphatic rings. The molecule has 4 nitrogen and oxygen atoms in total. The van der Waals surface area contributed by atoms with Crippen molar-refractivity contribution in [2.24, 2.45) is 0 Å². The van der Waals surface area contributed by atoms with Gasteiger partial charge in [-0.15, -0.1) is 0 Å². The summed E-state index contributed by atoms with van der Waals surface area (Å²) >= 11 is 1.71. The Kier molecular flexibility index (Phi) is 5.44. The lowest BCUT2D eigenvalue weighted by Crippen LogP contribution is -2.15. The van der Waals surface area contributed by atoms with Crippen molar-refractivity contribution in [1.29, 1.82) is 0 Å². The summed E-state index contributed by atoms with van der Waals surface area (Å²) in [5.41, 5.74) is 3.58. The summed E-state index contributed by atoms with van der Waals surface area (Å²) in [5, 5.41) is 0. The highest BCUT2D eigenvalue weighted by molar-refractivity contribution is 7.97. The molecule has 0 unspecified atom stereocenters. The largest absolute Gasteiger partial charge is 0.457 e. The molecule has 0 bridgehead atoms. The molecule has 0 aliphatic heterocycles. The Bertz CT molecular complexity index is 1160. The Balaban J connectivity index is 1.46. The first kappa shape index (κ1) is 18.3. The molecular weight excluding hydrogens is 368 g/mol. The molecule has 0 spiro atoms. The number of para-hydroxylation sites is 2. The molecule has 2 aromatic heterocycles. The number of rotatable bonds is 6. The van der Waals surface area contributed by atoms with E-state index in [1.54, 1.807) is 22.2 Å². The lowest BCUT2D eigenvalue weighted by molar-refractivity contribution is 0.478. The predicted octanol–water partition coefficient (Wildman–Crippen LogP) is 5.23. The Morgan fingerprint density at radius 1 is 0.964 bits per heavy atom. The van der Waals surface area contributed by atoms with Crippen molar-refractivity contribution in [3.63, 3.8) is 0 Å². The van der Waals surface area contributed by atoms with Gasteiger partial charge in [-0.2, -0.15) is 11.8 Å². The molecule has 0 radical (unpaired) electrons. The fourth-order valence-electron chi connectivity index (χ4n) is 2.94. The number of hydrogen-bond acceptors (Lipinski definition) is 4. The third kappa shape index (κ3) is 4.26. The van der Waals surface area contributed by atoms with Crippen LogP contribution in [0, 0.1) is 6.92 Å². The van der Waals surface area contributed by atoms with Gasteiger partial charge in [0.2, 0.25) is 0 Å². The average Bonchev–Trinajstić information content (AvgIpc) is 2.71. The summed E-state index contributed by atoms with van der Waals surface area (Å²) in [6.07, 6.45) is 1.82. The van der Waals surface area contributed by atoms with Crippen molar-refractivity contribution in [1.82, 2.24) is 9.38 Å². The van der Waals surface area contributed by atoms with Crippen molar-refractivity contribution in [3.8, 4) is 11.5 Å². The maximum absolute atomic E-state index is 12.3. The van der Waals surface area contributed by atoms with E-state index in [9.17, 15) is 4.79 Å². The zero-order valence-electron chi connectivity index (χ0n) is 15.5. The van der Waals surface area contributed by atoms with Crippen LogP contribution in [0.2, 0.25) is 0 Å². The van der Waals surface area contributed by atoms with E-state index < -0.39 is 0 Å². The first-order valence-corrected chi connectivity index (χ1v) is 10.2. The fourth-order valence-corrected chi connectivity index (χ4v) is 3.85. The predicted molar refractivity (Wildman–Crippen MR) is 114 cm³/mol. The van der Waals surface area contributed by atoms with E-state index in [2.05, 4.69) is 11.1 Å². The summed E-state index contributed by atoms with van der Waals surface area (Å²) in [5.74, 6) is 3.11. The second-order valence-electron chi connectivity index (χ2n) is 6.54. The summed E-state index contributed by atoms with van der Waals surface area (Å²) < 4.78 is 7.61. The maximum Gasteiger partial charge on any atom is 0.258 e. The van der Waals surface area contributed by atoms with Gasteiger partial charge in [-0.3, -0.25) is 9.20 Å². The molecular formula is C23H20N2O2S. The molecule has 140 valence electrons. The molecule has 0 saturated heterocycles. The highest BCUT2D eigenvalue weighted by atomic mass is 32.2. The van der Waals surface area contributed by atoms with E-state index in [4.69, 9.17) is 4.74 Å². The van der Waals surface area contributed by atoms with Crippen LogP contribution in [0.1, 0.15) is 16.8 Å². The van der Waals surface area contributed by atoms with Gasteiger partial charge in [0.05, 0.1) is 5.69 Å². The number of aryl methyl sites for hydroxylation is 1. The van der Waals surface area contributed by atoms with Gasteiger partial charge >= 0.3 is 0 Å². The molecule has 0 saturated carbocycles. The highest BCUT2D eigenvalue weighted by Gasteiger charge is 2.07. The van der Waals surface area contributed by atoms with Gasteiger partial charge in [-0.25, -0.2) is 4.98 Å². The zero-order chi connectivity index (χ0) is 19.3. The number of thioether (sulfide) groups is 1. The Morgan fingerprint density at radius 2 is 1.75 bits per heavy atom. The summed E-state index contributed by atoms with van der Waals surface area (Å²) in [6, 6.07) is 23.3. The first-order chi connectivity index (χ1) is 13.7. The maximum atomic E-state index is 12.3. The van der Waals surface area contributed by atoms with Gasteiger partial charge in [0.25, 0.3) is 5.56 Å². The fraction of sp³-hybridized carbons (Fsp3) is 0.130. The highest BCUT2D eigenvalue weighted by Crippen LogP contribution is 2.28. The van der Waals surface area contributed by atoms with Crippen LogP contribution in [0.4, 0.5) is 0 Å². The second kappa shape index (κ2) is 8.31. The third-order valence-corrected chi connectivity index (χ3v) is 5.33. The molecule has 2 aromatic carbocycles. The number of aromatic nitrogens is 2. The first-order valence-electron chi connectivity index (χ1n) is 9.06. The standard InChI is InChI=1S/C23H20N2O2S/c1-17-11-12-22-24-19(13-23(26)25(22)14-17)16-28-15-18-7-5-6-10-21(18)27-20-8-3-2-4-9-20/h2-14H,15-16H2,1H3. The molecule has 0 fully saturated rings. The SMILES string of the molecule is Cc1ccc2nc(CSCc3ccccc3Oc3ccccc3)cc(=O)n2c1. The molecule has 4 rings (SSSR count). The Hall–Kier alpha value is -3.05. The van der Waals surface area contributed by atoms with Crippen LogP contribution < -0.4 is 10.3 Å². The zero-order valence-corrected chi connectivity index (χ0v) is 16.4. The monoisotopic (exact) mass is 388 g/mol. The molecule has 0 atom stereocenters. The minimum absolute atomic E-state index is 0.0443. The smallest absolute Gasteiger partial charge is 0.258 e. The molecule has 0 amide bonds. The molecule has 28 heavy (non-hydrogen) atoms. The number of hydrogen-bond donors (Lipinski definition) is 0. The number of pyridine rings is 1. The summed E-state index contributed by atoms with van der Waals surface area (Å²) in [4.78, 5) is 16.9. The van der Waals surface area contributed by atoms with Crippen LogP contribution >= 0.6 is 11.8 Å². The van der Waals surface area contributed by atoms with Crippen molar-refractivity contribution < 1.29 is 4.74 Å². The van der Waals surface area contributed by atoms with Crippen molar-refractivity contribution in [2.45, 2.75) is 18.4 Å². The minimum Gasteiger partial charge on any atom is -0.457 e. The van der Waals surface area contributed by atoms with Crippen LogP contribution in [0.3, 0.4) is 0 Å². The van der Waals surface area contributed by atoms with Crippen LogP contribution in [0.25, 0.3) is 5.65 Å². The number of benzene rings is 2. The minimum atomic E-state index is -0.0443. The Labute approximate surface area is 167 Å². The van der Waals surface area contributed by atoms with E-state index in [-0.39, 0.29) is 5.56 Å². The lowest BCUT2D eigenvalue weighted by Gasteiger charge is -2.11. The quantitative estimate of drug-likeness (QED) is 0.454. The molecule has 5 heteroatoms. The van der Waals surface area contributed by atoms with E-state index in [1.807, 2.05) is 73.8 Å². The van der Waals surface area contributed by atoms with Crippen molar-refractivity contribution >= 4 is 17.4 Å². The molecule has 4 aromatic rings. The van der Waals surface area contributed by atoms with Gasteiger partial charge in [-0.05, 0) is 36.8 Å². The number of ether oxygens (including phenoxy) is 1. The lowest BCUT2D eigenvalue weighted by atomic mass is 10.2. The molecule has 0 N–H and O–H groups in total. The normalized spacial score (nSPS) is 10.9. The number of nitrogens with zero attached hydrogens (tertiary/aromatic N) is 2. The average molecular weight is 388 g/mol. The number of fused-ring (bicyclic) bond motifs is 1. The topological polar surface area (TPSA) is 43.6 Å². The van der Waals surface area contributed by atoms with Crippen molar-refractivity contribution in [3.05, 3.63) is 106 Å². The van der Waals surface area contributed by atoms with Gasteiger partial charge < -0.3 is 4.74 Å². The van der Waals surface area contributed by atoms with Gasteiger partial charge in [-0.1, -0.05) is 42.5 Å². The molecule has 2 heterocycles. The van der Waals surface area contributed by atoms with E-state index in [0.29, 0.717) is 11.4 Å². The molecule has 0 aliphatic carbocycles. The van der Waals surface area contributed by atoms with Crippen molar-refractivity contribution in [2.75, 3.05) is 0 Å². The van der Waals surface area contributed by atoms with Crippen LogP contribution in [-0.2, 0) is 11.5 Å². The van der Waals surface area contributed by atoms with Gasteiger partial charge in [0, 0.05) is 29.3 Å². The van der Waals surface area contributed by atoms with E-state index in [0.717, 1.165) is 34.1 Å². The van der Waals surface area contributed by atoms with E-state index in [1.165, 1.54) is 0 Å². The van der Waals surface area contributed by atoms with Crippen LogP contribution in [-0.4, -0.2) is 9.38 Å².